The smallest absolute Gasteiger partial charge is 0.257 e. The molecule has 2 fully saturated rings. The van der Waals surface area contributed by atoms with Gasteiger partial charge in [-0.05, 0) is 50.7 Å². The van der Waals surface area contributed by atoms with Crippen LogP contribution in [0.1, 0.15) is 43.0 Å². The third-order valence-corrected chi connectivity index (χ3v) is 4.91. The van der Waals surface area contributed by atoms with E-state index in [4.69, 9.17) is 5.73 Å². The van der Waals surface area contributed by atoms with Crippen LogP contribution in [0, 0.1) is 5.92 Å². The normalized spacial score (nSPS) is 23.6. The summed E-state index contributed by atoms with van der Waals surface area (Å²) >= 11 is 0. The molecule has 2 unspecified atom stereocenters. The standard InChI is InChI=1S/C17H26N4O/c1-13(18)14-6-5-11-21(12-14)17(22)15-7-4-8-19-16(15)20-9-2-3-10-20/h4,7-8,13-14H,2-3,5-6,9-12,18H2,1H3. The lowest BCUT2D eigenvalue weighted by atomic mass is 9.92. The van der Waals surface area contributed by atoms with Gasteiger partial charge in [-0.1, -0.05) is 0 Å². The predicted molar refractivity (Wildman–Crippen MR) is 88.0 cm³/mol. The first-order chi connectivity index (χ1) is 10.7. The van der Waals surface area contributed by atoms with Crippen LogP contribution in [0.5, 0.6) is 0 Å². The number of rotatable bonds is 3. The van der Waals surface area contributed by atoms with Gasteiger partial charge in [0.25, 0.3) is 5.91 Å². The third kappa shape index (κ3) is 3.09. The van der Waals surface area contributed by atoms with Gasteiger partial charge in [-0.15, -0.1) is 0 Å². The Kier molecular flexibility index (Phi) is 4.62. The number of pyridine rings is 1. The number of hydrogen-bond donors (Lipinski definition) is 1. The molecule has 0 bridgehead atoms. The summed E-state index contributed by atoms with van der Waals surface area (Å²) < 4.78 is 0. The maximum Gasteiger partial charge on any atom is 0.257 e. The lowest BCUT2D eigenvalue weighted by Crippen LogP contribution is -2.45. The van der Waals surface area contributed by atoms with Crippen molar-refractivity contribution in [2.75, 3.05) is 31.1 Å². The van der Waals surface area contributed by atoms with E-state index in [1.54, 1.807) is 6.20 Å². The van der Waals surface area contributed by atoms with Gasteiger partial charge < -0.3 is 15.5 Å². The molecule has 0 aromatic carbocycles. The van der Waals surface area contributed by atoms with Crippen molar-refractivity contribution in [2.45, 2.75) is 38.6 Å². The molecule has 0 spiro atoms. The topological polar surface area (TPSA) is 62.5 Å². The van der Waals surface area contributed by atoms with E-state index in [0.29, 0.717) is 5.92 Å². The Bertz CT molecular complexity index is 525. The summed E-state index contributed by atoms with van der Waals surface area (Å²) in [4.78, 5) is 21.7. The molecule has 3 heterocycles. The fraction of sp³-hybridized carbons (Fsp3) is 0.647. The molecular weight excluding hydrogens is 276 g/mol. The largest absolute Gasteiger partial charge is 0.356 e. The van der Waals surface area contributed by atoms with Crippen molar-refractivity contribution >= 4 is 11.7 Å². The maximum atomic E-state index is 13.0. The van der Waals surface area contributed by atoms with E-state index in [2.05, 4.69) is 9.88 Å². The minimum Gasteiger partial charge on any atom is -0.356 e. The Morgan fingerprint density at radius 2 is 2.09 bits per heavy atom. The van der Waals surface area contributed by atoms with E-state index in [0.717, 1.165) is 50.4 Å². The van der Waals surface area contributed by atoms with Gasteiger partial charge in [-0.3, -0.25) is 4.79 Å². The van der Waals surface area contributed by atoms with Crippen LogP contribution in [0.4, 0.5) is 5.82 Å². The molecule has 5 heteroatoms. The van der Waals surface area contributed by atoms with Crippen molar-refractivity contribution < 1.29 is 4.79 Å². The van der Waals surface area contributed by atoms with Crippen molar-refractivity contribution in [2.24, 2.45) is 11.7 Å². The minimum absolute atomic E-state index is 0.111. The molecule has 22 heavy (non-hydrogen) atoms. The van der Waals surface area contributed by atoms with Crippen LogP contribution >= 0.6 is 0 Å². The molecule has 1 aromatic heterocycles. The first kappa shape index (κ1) is 15.3. The molecule has 1 aromatic rings. The second kappa shape index (κ2) is 6.65. The molecule has 2 saturated heterocycles. The zero-order chi connectivity index (χ0) is 15.5. The Hall–Kier alpha value is -1.62. The number of carbonyl (C=O) groups excluding carboxylic acids is 1. The predicted octanol–water partition coefficient (Wildman–Crippen LogP) is 1.88. The summed E-state index contributed by atoms with van der Waals surface area (Å²) in [6.07, 6.45) is 6.30. The molecule has 0 aliphatic carbocycles. The molecule has 3 rings (SSSR count). The second-order valence-electron chi connectivity index (χ2n) is 6.58. The fourth-order valence-electron chi connectivity index (χ4n) is 3.54. The number of carbonyl (C=O) groups is 1. The number of aromatic nitrogens is 1. The lowest BCUT2D eigenvalue weighted by Gasteiger charge is -2.35. The molecule has 2 aliphatic heterocycles. The van der Waals surface area contributed by atoms with E-state index in [9.17, 15) is 4.79 Å². The number of hydrogen-bond acceptors (Lipinski definition) is 4. The molecular formula is C17H26N4O. The van der Waals surface area contributed by atoms with Gasteiger partial charge in [-0.25, -0.2) is 4.98 Å². The minimum atomic E-state index is 0.111. The van der Waals surface area contributed by atoms with E-state index < -0.39 is 0 Å². The number of piperidine rings is 1. The fourth-order valence-corrected chi connectivity index (χ4v) is 3.54. The van der Waals surface area contributed by atoms with Gasteiger partial charge in [0, 0.05) is 38.4 Å². The van der Waals surface area contributed by atoms with Crippen molar-refractivity contribution in [3.05, 3.63) is 23.9 Å². The van der Waals surface area contributed by atoms with Gasteiger partial charge in [0.15, 0.2) is 0 Å². The molecule has 0 radical (unpaired) electrons. The van der Waals surface area contributed by atoms with Crippen molar-refractivity contribution in [1.82, 2.24) is 9.88 Å². The van der Waals surface area contributed by atoms with E-state index in [1.165, 1.54) is 12.8 Å². The Morgan fingerprint density at radius 3 is 2.82 bits per heavy atom. The molecule has 2 N–H and O–H groups in total. The number of likely N-dealkylation sites (tertiary alicyclic amines) is 1. The molecule has 2 aliphatic rings. The zero-order valence-corrected chi connectivity index (χ0v) is 13.4. The van der Waals surface area contributed by atoms with Crippen molar-refractivity contribution in [1.29, 1.82) is 0 Å². The Balaban J connectivity index is 1.80. The van der Waals surface area contributed by atoms with E-state index >= 15 is 0 Å². The first-order valence-electron chi connectivity index (χ1n) is 8.41. The number of anilines is 1. The average molecular weight is 302 g/mol. The highest BCUT2D eigenvalue weighted by atomic mass is 16.2. The van der Waals surface area contributed by atoms with Crippen molar-refractivity contribution in [3.8, 4) is 0 Å². The third-order valence-electron chi connectivity index (χ3n) is 4.91. The lowest BCUT2D eigenvalue weighted by molar-refractivity contribution is 0.0661. The summed E-state index contributed by atoms with van der Waals surface area (Å²) in [5.41, 5.74) is 6.78. The molecule has 5 nitrogen and oxygen atoms in total. The van der Waals surface area contributed by atoms with Gasteiger partial charge in [0.1, 0.15) is 5.82 Å². The highest BCUT2D eigenvalue weighted by molar-refractivity contribution is 5.99. The van der Waals surface area contributed by atoms with Gasteiger partial charge in [0.05, 0.1) is 5.56 Å². The Morgan fingerprint density at radius 1 is 1.32 bits per heavy atom. The van der Waals surface area contributed by atoms with Crippen molar-refractivity contribution in [3.63, 3.8) is 0 Å². The number of amides is 1. The SMILES string of the molecule is CC(N)C1CCCN(C(=O)c2cccnc2N2CCCC2)C1. The highest BCUT2D eigenvalue weighted by Gasteiger charge is 2.29. The summed E-state index contributed by atoms with van der Waals surface area (Å²) in [6, 6.07) is 3.92. The van der Waals surface area contributed by atoms with Crippen LogP contribution in [0.2, 0.25) is 0 Å². The molecule has 120 valence electrons. The van der Waals surface area contributed by atoms with Crippen LogP contribution < -0.4 is 10.6 Å². The molecule has 0 saturated carbocycles. The van der Waals surface area contributed by atoms with Crippen LogP contribution in [-0.4, -0.2) is 48.0 Å². The quantitative estimate of drug-likeness (QED) is 0.926. The number of nitrogens with zero attached hydrogens (tertiary/aromatic N) is 3. The number of nitrogens with two attached hydrogens (primary N) is 1. The molecule has 2 atom stereocenters. The van der Waals surface area contributed by atoms with Crippen LogP contribution in [-0.2, 0) is 0 Å². The van der Waals surface area contributed by atoms with Crippen LogP contribution in [0.25, 0.3) is 0 Å². The average Bonchev–Trinajstić information content (AvgIpc) is 3.08. The monoisotopic (exact) mass is 302 g/mol. The summed E-state index contributed by atoms with van der Waals surface area (Å²) in [5, 5.41) is 0. The maximum absolute atomic E-state index is 13.0. The van der Waals surface area contributed by atoms with E-state index in [1.807, 2.05) is 24.0 Å². The first-order valence-corrected chi connectivity index (χ1v) is 8.41. The van der Waals surface area contributed by atoms with Gasteiger partial charge >= 0.3 is 0 Å². The van der Waals surface area contributed by atoms with E-state index in [-0.39, 0.29) is 11.9 Å². The van der Waals surface area contributed by atoms with Crippen LogP contribution in [0.3, 0.4) is 0 Å². The van der Waals surface area contributed by atoms with Crippen LogP contribution in [0.15, 0.2) is 18.3 Å². The summed E-state index contributed by atoms with van der Waals surface area (Å²) in [5.74, 6) is 1.37. The van der Waals surface area contributed by atoms with Gasteiger partial charge in [-0.2, -0.15) is 0 Å². The highest BCUT2D eigenvalue weighted by Crippen LogP contribution is 2.26. The molecule has 1 amide bonds. The Labute approximate surface area is 132 Å². The summed E-state index contributed by atoms with van der Waals surface area (Å²) in [6.45, 7) is 5.64. The van der Waals surface area contributed by atoms with Gasteiger partial charge in [0.2, 0.25) is 0 Å². The zero-order valence-electron chi connectivity index (χ0n) is 13.4. The summed E-state index contributed by atoms with van der Waals surface area (Å²) in [7, 11) is 0. The second-order valence-corrected chi connectivity index (χ2v) is 6.58.